The van der Waals surface area contributed by atoms with E-state index < -0.39 is 35.8 Å². The molecule has 0 aromatic rings. The van der Waals surface area contributed by atoms with Crippen LogP contribution in [-0.4, -0.2) is 52.4 Å². The number of hydrogen-bond acceptors (Lipinski definition) is 5. The summed E-state index contributed by atoms with van der Waals surface area (Å²) in [5.74, 6) is -1.94. The summed E-state index contributed by atoms with van der Waals surface area (Å²) in [6, 6.07) is -2.00. The van der Waals surface area contributed by atoms with Crippen LogP contribution < -0.4 is 16.4 Å². The van der Waals surface area contributed by atoms with Gasteiger partial charge in [0.15, 0.2) is 0 Å². The topological polar surface area (TPSA) is 139 Å². The molecule has 5 N–H and O–H groups in total. The number of carboxylic acids is 1. The van der Waals surface area contributed by atoms with Gasteiger partial charge in [0.05, 0.1) is 0 Å². The number of primary amides is 1. The first-order chi connectivity index (χ1) is 15.9. The van der Waals surface area contributed by atoms with Crippen LogP contribution in [0.1, 0.15) is 80.6 Å². The molecule has 2 atom stereocenters. The van der Waals surface area contributed by atoms with Crippen molar-refractivity contribution in [2.75, 3.05) is 11.5 Å². The number of allylic oxidation sites excluding steroid dienone is 5. The quantitative estimate of drug-likeness (QED) is 0.171. The lowest BCUT2D eigenvalue weighted by Crippen LogP contribution is -2.46. The second-order valence-corrected chi connectivity index (χ2v) is 9.72. The molecule has 200 valence electrons. The summed E-state index contributed by atoms with van der Waals surface area (Å²) < 4.78 is 0. The smallest absolute Gasteiger partial charge is 0.327 e. The molecule has 0 saturated carbocycles. The molecule has 0 aromatic carbocycles. The standard InChI is InChI=1S/C25H41N3O5S.CH4/c1-17(2)8-6-9-18(3)10-7-11-19(4)14-15-34-16-22(25(32)33)28-23(30)13-12-21(24(26)31)27-20(5)29;/h8,10,14,21-22H,6-7,9,11-13,15-16H2,1-5H3,(H2,26,31)(H,27,29)(H,28,30)(H,32,33);1H4/b18-10+,19-14+;/t21?,22-;/m0./s1. The molecule has 0 aromatic heterocycles. The SMILES string of the molecule is C.CC(=O)NC(CCC(=O)N[C@@H](CSC/C=C(\C)CC/C=C(\C)CCC=C(C)C)C(=O)O)C(N)=O. The highest BCUT2D eigenvalue weighted by Gasteiger charge is 2.22. The second kappa shape index (κ2) is 19.7. The van der Waals surface area contributed by atoms with Gasteiger partial charge in [0, 0.05) is 24.9 Å². The van der Waals surface area contributed by atoms with E-state index in [9.17, 15) is 24.3 Å². The number of amides is 3. The maximum Gasteiger partial charge on any atom is 0.327 e. The molecule has 1 unspecified atom stereocenters. The number of thioether (sulfide) groups is 1. The Morgan fingerprint density at radius 2 is 1.43 bits per heavy atom. The summed E-state index contributed by atoms with van der Waals surface area (Å²) in [7, 11) is 0. The van der Waals surface area contributed by atoms with E-state index in [4.69, 9.17) is 5.73 Å². The maximum absolute atomic E-state index is 12.1. The average molecular weight is 512 g/mol. The molecular formula is C26H45N3O5S. The Kier molecular flexibility index (Phi) is 19.5. The van der Waals surface area contributed by atoms with Crippen molar-refractivity contribution >= 4 is 35.5 Å². The Morgan fingerprint density at radius 1 is 0.857 bits per heavy atom. The van der Waals surface area contributed by atoms with Crippen LogP contribution in [0.5, 0.6) is 0 Å². The Bertz CT molecular complexity index is 786. The molecule has 0 aliphatic rings. The first-order valence-electron chi connectivity index (χ1n) is 11.5. The van der Waals surface area contributed by atoms with Crippen LogP contribution in [-0.2, 0) is 19.2 Å². The van der Waals surface area contributed by atoms with Crippen molar-refractivity contribution in [3.8, 4) is 0 Å². The van der Waals surface area contributed by atoms with E-state index in [-0.39, 0.29) is 26.0 Å². The molecule has 35 heavy (non-hydrogen) atoms. The zero-order valence-electron chi connectivity index (χ0n) is 21.1. The van der Waals surface area contributed by atoms with E-state index in [1.807, 2.05) is 0 Å². The van der Waals surface area contributed by atoms with Crippen LogP contribution in [0.2, 0.25) is 0 Å². The first-order valence-corrected chi connectivity index (χ1v) is 12.7. The fourth-order valence-corrected chi connectivity index (χ4v) is 3.97. The van der Waals surface area contributed by atoms with Crippen molar-refractivity contribution in [2.24, 2.45) is 5.73 Å². The molecule has 0 rings (SSSR count). The summed E-state index contributed by atoms with van der Waals surface area (Å²) in [4.78, 5) is 46.0. The van der Waals surface area contributed by atoms with Gasteiger partial charge in [0.1, 0.15) is 12.1 Å². The van der Waals surface area contributed by atoms with Gasteiger partial charge in [0.25, 0.3) is 0 Å². The van der Waals surface area contributed by atoms with E-state index >= 15 is 0 Å². The van der Waals surface area contributed by atoms with Crippen LogP contribution in [0.15, 0.2) is 34.9 Å². The van der Waals surface area contributed by atoms with Gasteiger partial charge < -0.3 is 21.5 Å². The first kappa shape index (κ1) is 34.6. The zero-order valence-corrected chi connectivity index (χ0v) is 21.9. The summed E-state index contributed by atoms with van der Waals surface area (Å²) in [5, 5.41) is 14.2. The minimum absolute atomic E-state index is 0. The minimum atomic E-state index is -1.12. The van der Waals surface area contributed by atoms with Crippen molar-refractivity contribution < 1.29 is 24.3 Å². The molecule has 0 bridgehead atoms. The number of nitrogens with two attached hydrogens (primary N) is 1. The molecule has 0 aliphatic carbocycles. The van der Waals surface area contributed by atoms with Gasteiger partial charge in [-0.25, -0.2) is 4.79 Å². The van der Waals surface area contributed by atoms with Crippen molar-refractivity contribution in [1.82, 2.24) is 10.6 Å². The van der Waals surface area contributed by atoms with Crippen LogP contribution in [0.25, 0.3) is 0 Å². The van der Waals surface area contributed by atoms with E-state index in [1.54, 1.807) is 0 Å². The Hall–Kier alpha value is -2.55. The molecule has 0 aliphatic heterocycles. The van der Waals surface area contributed by atoms with Gasteiger partial charge in [-0.2, -0.15) is 11.8 Å². The minimum Gasteiger partial charge on any atom is -0.480 e. The number of nitrogens with one attached hydrogen (secondary N) is 2. The summed E-state index contributed by atoms with van der Waals surface area (Å²) in [6.07, 6.45) is 10.6. The molecule has 3 amide bonds. The number of aliphatic carboxylic acids is 1. The van der Waals surface area contributed by atoms with Crippen LogP contribution >= 0.6 is 11.8 Å². The summed E-state index contributed by atoms with van der Waals surface area (Å²) >= 11 is 1.43. The molecular weight excluding hydrogens is 466 g/mol. The van der Waals surface area contributed by atoms with Crippen LogP contribution in [0, 0.1) is 0 Å². The highest BCUT2D eigenvalue weighted by molar-refractivity contribution is 7.99. The fraction of sp³-hybridized carbons (Fsp3) is 0.615. The largest absolute Gasteiger partial charge is 0.480 e. The number of carboxylic acid groups (broad SMARTS) is 1. The van der Waals surface area contributed by atoms with Gasteiger partial charge in [-0.15, -0.1) is 0 Å². The van der Waals surface area contributed by atoms with Crippen LogP contribution in [0.3, 0.4) is 0 Å². The molecule has 9 heteroatoms. The monoisotopic (exact) mass is 511 g/mol. The lowest BCUT2D eigenvalue weighted by atomic mass is 10.1. The number of hydrogen-bond donors (Lipinski definition) is 4. The van der Waals surface area contributed by atoms with E-state index in [0.717, 1.165) is 25.7 Å². The Labute approximate surface area is 215 Å². The highest BCUT2D eigenvalue weighted by atomic mass is 32.2. The number of carbonyl (C=O) groups is 4. The lowest BCUT2D eigenvalue weighted by Gasteiger charge is -2.16. The highest BCUT2D eigenvalue weighted by Crippen LogP contribution is 2.13. The third-order valence-corrected chi connectivity index (χ3v) is 5.94. The van der Waals surface area contributed by atoms with Gasteiger partial charge >= 0.3 is 5.97 Å². The van der Waals surface area contributed by atoms with Gasteiger partial charge in [-0.1, -0.05) is 42.4 Å². The zero-order chi connectivity index (χ0) is 26.1. The molecule has 0 spiro atoms. The number of rotatable bonds is 17. The van der Waals surface area contributed by atoms with E-state index in [2.05, 4.69) is 56.6 Å². The van der Waals surface area contributed by atoms with Crippen molar-refractivity contribution in [1.29, 1.82) is 0 Å². The van der Waals surface area contributed by atoms with E-state index in [1.165, 1.54) is 35.4 Å². The molecule has 0 radical (unpaired) electrons. The summed E-state index contributed by atoms with van der Waals surface area (Å²) in [5.41, 5.74) is 9.18. The molecule has 0 fully saturated rings. The van der Waals surface area contributed by atoms with E-state index in [0.29, 0.717) is 5.75 Å². The Balaban J connectivity index is 0. The lowest BCUT2D eigenvalue weighted by molar-refractivity contribution is -0.141. The Morgan fingerprint density at radius 3 is 1.94 bits per heavy atom. The van der Waals surface area contributed by atoms with Gasteiger partial charge in [-0.05, 0) is 59.8 Å². The van der Waals surface area contributed by atoms with Gasteiger partial charge in [0.2, 0.25) is 17.7 Å². The molecule has 0 saturated heterocycles. The van der Waals surface area contributed by atoms with Crippen molar-refractivity contribution in [3.63, 3.8) is 0 Å². The molecule has 8 nitrogen and oxygen atoms in total. The average Bonchev–Trinajstić information content (AvgIpc) is 2.72. The predicted octanol–water partition coefficient (Wildman–Crippen LogP) is 4.11. The molecule has 0 heterocycles. The van der Waals surface area contributed by atoms with Crippen molar-refractivity contribution in [2.45, 2.75) is 92.7 Å². The number of carbonyl (C=O) groups excluding carboxylic acids is 3. The maximum atomic E-state index is 12.1. The third kappa shape index (κ3) is 19.4. The van der Waals surface area contributed by atoms with Gasteiger partial charge in [-0.3, -0.25) is 14.4 Å². The normalized spacial score (nSPS) is 13.2. The fourth-order valence-electron chi connectivity index (χ4n) is 2.97. The predicted molar refractivity (Wildman–Crippen MR) is 145 cm³/mol. The second-order valence-electron chi connectivity index (χ2n) is 8.65. The van der Waals surface area contributed by atoms with Crippen LogP contribution in [0.4, 0.5) is 0 Å². The third-order valence-electron chi connectivity index (χ3n) is 4.97. The van der Waals surface area contributed by atoms with Crippen molar-refractivity contribution in [3.05, 3.63) is 34.9 Å². The summed E-state index contributed by atoms with van der Waals surface area (Å²) in [6.45, 7) is 9.67.